The molecule has 4 rings (SSSR count). The number of esters is 1. The van der Waals surface area contributed by atoms with Gasteiger partial charge in [-0.2, -0.15) is 0 Å². The molecule has 0 saturated carbocycles. The van der Waals surface area contributed by atoms with E-state index >= 15 is 0 Å². The molecule has 184 valence electrons. The van der Waals surface area contributed by atoms with Gasteiger partial charge in [-0.05, 0) is 48.6 Å². The topological polar surface area (TPSA) is 83.1 Å². The number of methoxy groups -OCH3 is 4. The Hall–Kier alpha value is -3.45. The van der Waals surface area contributed by atoms with Gasteiger partial charge in [0.2, 0.25) is 5.75 Å². The van der Waals surface area contributed by atoms with E-state index in [9.17, 15) is 9.59 Å². The molecule has 1 heterocycles. The molecule has 0 saturated heterocycles. The molecular formula is C27H28ClNO6. The molecule has 2 aliphatic rings. The third-order valence-corrected chi connectivity index (χ3v) is 6.94. The number of ketones is 1. The molecule has 35 heavy (non-hydrogen) atoms. The maximum atomic E-state index is 13.7. The number of hydrogen-bond donors (Lipinski definition) is 1. The quantitative estimate of drug-likeness (QED) is 0.568. The molecule has 0 fully saturated rings. The molecule has 1 aliphatic heterocycles. The van der Waals surface area contributed by atoms with Crippen LogP contribution in [0.5, 0.6) is 17.2 Å². The first-order valence-electron chi connectivity index (χ1n) is 11.2. The van der Waals surface area contributed by atoms with Crippen LogP contribution < -0.4 is 19.5 Å². The van der Waals surface area contributed by atoms with Crippen molar-refractivity contribution in [3.8, 4) is 17.2 Å². The fourth-order valence-corrected chi connectivity index (χ4v) is 5.34. The molecule has 2 aromatic rings. The van der Waals surface area contributed by atoms with Gasteiger partial charge in [0.15, 0.2) is 17.3 Å². The van der Waals surface area contributed by atoms with E-state index in [1.807, 2.05) is 31.2 Å². The summed E-state index contributed by atoms with van der Waals surface area (Å²) in [5.41, 5.74) is 3.90. The number of Topliss-reactive ketones (excluding diaryl/α,β-unsaturated/α-hetero) is 1. The Morgan fingerprint density at radius 1 is 1.00 bits per heavy atom. The number of rotatable bonds is 6. The van der Waals surface area contributed by atoms with Gasteiger partial charge in [0.05, 0.1) is 34.0 Å². The van der Waals surface area contributed by atoms with E-state index in [-0.39, 0.29) is 18.1 Å². The van der Waals surface area contributed by atoms with Crippen molar-refractivity contribution in [2.45, 2.75) is 31.6 Å². The second-order valence-corrected chi connectivity index (χ2v) is 8.90. The zero-order chi connectivity index (χ0) is 25.3. The minimum Gasteiger partial charge on any atom is -0.493 e. The van der Waals surface area contributed by atoms with Crippen LogP contribution in [-0.4, -0.2) is 40.2 Å². The largest absolute Gasteiger partial charge is 0.493 e. The number of nitrogens with one attached hydrogen (secondary N) is 1. The van der Waals surface area contributed by atoms with Gasteiger partial charge in [-0.1, -0.05) is 29.8 Å². The molecule has 1 aliphatic carbocycles. The summed E-state index contributed by atoms with van der Waals surface area (Å²) in [6, 6.07) is 11.1. The summed E-state index contributed by atoms with van der Waals surface area (Å²) in [6.07, 6.45) is 0.857. The van der Waals surface area contributed by atoms with Crippen LogP contribution in [0.25, 0.3) is 0 Å². The van der Waals surface area contributed by atoms with Crippen molar-refractivity contribution in [1.29, 1.82) is 0 Å². The van der Waals surface area contributed by atoms with Gasteiger partial charge >= 0.3 is 5.97 Å². The molecular weight excluding hydrogens is 470 g/mol. The van der Waals surface area contributed by atoms with Gasteiger partial charge < -0.3 is 24.3 Å². The predicted molar refractivity (Wildman–Crippen MR) is 132 cm³/mol. The fourth-order valence-electron chi connectivity index (χ4n) is 5.05. The highest BCUT2D eigenvalue weighted by Gasteiger charge is 2.42. The number of dihydropyridines is 1. The van der Waals surface area contributed by atoms with Crippen LogP contribution in [0.3, 0.4) is 0 Å². The fraction of sp³-hybridized carbons (Fsp3) is 0.333. The van der Waals surface area contributed by atoms with E-state index in [0.29, 0.717) is 51.1 Å². The van der Waals surface area contributed by atoms with Crippen molar-refractivity contribution in [2.24, 2.45) is 0 Å². The Bertz CT molecular complexity index is 1220. The van der Waals surface area contributed by atoms with Gasteiger partial charge in [0.1, 0.15) is 0 Å². The summed E-state index contributed by atoms with van der Waals surface area (Å²) in [6.45, 7) is 1.81. The molecule has 2 unspecified atom stereocenters. The molecule has 2 atom stereocenters. The summed E-state index contributed by atoms with van der Waals surface area (Å²) >= 11 is 6.45. The number of halogens is 1. The van der Waals surface area contributed by atoms with Gasteiger partial charge in [-0.25, -0.2) is 4.79 Å². The highest BCUT2D eigenvalue weighted by Crippen LogP contribution is 2.49. The SMILES string of the molecule is COC(=O)C1=C(C)NC2=C(C(=O)CC(c3ccccc3Cl)C2)C1c1cc(OC)c(OC)c(OC)c1. The first kappa shape index (κ1) is 24.7. The summed E-state index contributed by atoms with van der Waals surface area (Å²) in [7, 11) is 5.90. The van der Waals surface area contributed by atoms with Crippen molar-refractivity contribution in [1.82, 2.24) is 5.32 Å². The third kappa shape index (κ3) is 4.36. The lowest BCUT2D eigenvalue weighted by Gasteiger charge is -2.37. The van der Waals surface area contributed by atoms with Crippen molar-refractivity contribution in [3.05, 3.63) is 75.1 Å². The van der Waals surface area contributed by atoms with Crippen LogP contribution in [0.2, 0.25) is 5.02 Å². The maximum Gasteiger partial charge on any atom is 0.336 e. The van der Waals surface area contributed by atoms with Crippen molar-refractivity contribution in [3.63, 3.8) is 0 Å². The Morgan fingerprint density at radius 3 is 2.23 bits per heavy atom. The standard InChI is InChI=1S/C27H28ClNO6/c1-14-23(27(31)35-5)24(16-12-21(32-2)26(34-4)22(13-16)33-3)25-19(29-14)10-15(11-20(25)30)17-8-6-7-9-18(17)28/h6-9,12-13,15,24,29H,10-11H2,1-5H3. The van der Waals surface area contributed by atoms with Crippen molar-refractivity contribution < 1.29 is 28.5 Å². The second kappa shape index (κ2) is 10.0. The number of allylic oxidation sites excluding steroid dienone is 3. The number of benzene rings is 2. The number of ether oxygens (including phenoxy) is 4. The molecule has 0 spiro atoms. The highest BCUT2D eigenvalue weighted by atomic mass is 35.5. The Kier molecular flexibility index (Phi) is 7.08. The van der Waals surface area contributed by atoms with E-state index in [2.05, 4.69) is 5.32 Å². The van der Waals surface area contributed by atoms with Crippen LogP contribution in [0.15, 0.2) is 58.9 Å². The maximum absolute atomic E-state index is 13.7. The lowest BCUT2D eigenvalue weighted by molar-refractivity contribution is -0.136. The molecule has 8 heteroatoms. The second-order valence-electron chi connectivity index (χ2n) is 8.49. The first-order valence-corrected chi connectivity index (χ1v) is 11.6. The molecule has 0 bridgehead atoms. The monoisotopic (exact) mass is 497 g/mol. The van der Waals surface area contributed by atoms with Gasteiger partial charge in [0.25, 0.3) is 0 Å². The lowest BCUT2D eigenvalue weighted by Crippen LogP contribution is -2.36. The Balaban J connectivity index is 1.89. The van der Waals surface area contributed by atoms with Crippen LogP contribution in [0, 0.1) is 0 Å². The Morgan fingerprint density at radius 2 is 1.66 bits per heavy atom. The minimum atomic E-state index is -0.660. The number of hydrogen-bond acceptors (Lipinski definition) is 7. The predicted octanol–water partition coefficient (Wildman–Crippen LogP) is 4.90. The first-order chi connectivity index (χ1) is 16.8. The summed E-state index contributed by atoms with van der Waals surface area (Å²) < 4.78 is 21.7. The van der Waals surface area contributed by atoms with Gasteiger partial charge in [-0.3, -0.25) is 4.79 Å². The summed E-state index contributed by atoms with van der Waals surface area (Å²) in [5, 5.41) is 3.95. The minimum absolute atomic E-state index is 0.0590. The number of carbonyl (C=O) groups is 2. The normalized spacial score (nSPS) is 19.7. The van der Waals surface area contributed by atoms with Crippen LogP contribution in [0.1, 0.15) is 42.7 Å². The summed E-state index contributed by atoms with van der Waals surface area (Å²) in [5.74, 6) is -0.0144. The third-order valence-electron chi connectivity index (χ3n) is 6.60. The molecule has 7 nitrogen and oxygen atoms in total. The lowest BCUT2D eigenvalue weighted by atomic mass is 9.71. The average Bonchev–Trinajstić information content (AvgIpc) is 2.86. The van der Waals surface area contributed by atoms with Gasteiger partial charge in [-0.15, -0.1) is 0 Å². The van der Waals surface area contributed by atoms with E-state index < -0.39 is 11.9 Å². The van der Waals surface area contributed by atoms with E-state index in [1.54, 1.807) is 12.1 Å². The number of carbonyl (C=O) groups excluding carboxylic acids is 2. The zero-order valence-electron chi connectivity index (χ0n) is 20.4. The molecule has 2 aromatic carbocycles. The van der Waals surface area contributed by atoms with E-state index in [1.165, 1.54) is 28.4 Å². The smallest absolute Gasteiger partial charge is 0.336 e. The molecule has 0 aromatic heterocycles. The van der Waals surface area contributed by atoms with Crippen LogP contribution in [-0.2, 0) is 14.3 Å². The van der Waals surface area contributed by atoms with Gasteiger partial charge in [0, 0.05) is 34.3 Å². The van der Waals surface area contributed by atoms with Crippen molar-refractivity contribution >= 4 is 23.4 Å². The molecule has 1 N–H and O–H groups in total. The zero-order valence-corrected chi connectivity index (χ0v) is 21.1. The molecule has 0 amide bonds. The van der Waals surface area contributed by atoms with E-state index in [0.717, 1.165) is 11.3 Å². The Labute approximate surface area is 209 Å². The average molecular weight is 498 g/mol. The highest BCUT2D eigenvalue weighted by molar-refractivity contribution is 6.31. The van der Waals surface area contributed by atoms with Crippen LogP contribution in [0.4, 0.5) is 0 Å². The molecule has 0 radical (unpaired) electrons. The van der Waals surface area contributed by atoms with Crippen molar-refractivity contribution in [2.75, 3.05) is 28.4 Å². The van der Waals surface area contributed by atoms with E-state index in [4.69, 9.17) is 30.5 Å². The van der Waals surface area contributed by atoms with Crippen LogP contribution >= 0.6 is 11.6 Å². The summed E-state index contributed by atoms with van der Waals surface area (Å²) in [4.78, 5) is 26.6.